The first kappa shape index (κ1) is 14.8. The Labute approximate surface area is 131 Å². The van der Waals surface area contributed by atoms with Crippen LogP contribution in [0.5, 0.6) is 23.0 Å². The number of hydrogen-bond donors (Lipinski definition) is 2. The van der Waals surface area contributed by atoms with Gasteiger partial charge >= 0.3 is 0 Å². The molecule has 118 valence electrons. The molecule has 6 nitrogen and oxygen atoms in total. The molecule has 0 saturated heterocycles. The van der Waals surface area contributed by atoms with Crippen molar-refractivity contribution < 1.29 is 24.1 Å². The van der Waals surface area contributed by atoms with Crippen LogP contribution in [-0.2, 0) is 0 Å². The maximum absolute atomic E-state index is 12.7. The Morgan fingerprint density at radius 3 is 2.26 bits per heavy atom. The zero-order chi connectivity index (χ0) is 16.6. The molecule has 1 aromatic heterocycles. The fraction of sp³-hybridized carbons (Fsp3) is 0.118. The molecule has 0 amide bonds. The molecule has 0 aliphatic carbocycles. The molecule has 2 N–H and O–H groups in total. The minimum atomic E-state index is -0.452. The Bertz CT molecular complexity index is 942. The molecular formula is C17H14O6. The quantitative estimate of drug-likeness (QED) is 0.772. The minimum Gasteiger partial charge on any atom is -0.507 e. The lowest BCUT2D eigenvalue weighted by molar-refractivity contribution is 0.407. The number of ether oxygens (including phenoxy) is 2. The molecule has 0 atom stereocenters. The number of benzene rings is 2. The molecule has 0 aliphatic rings. The molecule has 0 aliphatic heterocycles. The fourth-order valence-corrected chi connectivity index (χ4v) is 2.38. The van der Waals surface area contributed by atoms with E-state index in [1.807, 2.05) is 0 Å². The number of methoxy groups -OCH3 is 2. The van der Waals surface area contributed by atoms with Crippen molar-refractivity contribution in [2.45, 2.75) is 0 Å². The Morgan fingerprint density at radius 2 is 1.61 bits per heavy atom. The van der Waals surface area contributed by atoms with E-state index in [1.54, 1.807) is 12.1 Å². The van der Waals surface area contributed by atoms with Gasteiger partial charge in [0.25, 0.3) is 0 Å². The summed E-state index contributed by atoms with van der Waals surface area (Å²) in [4.78, 5) is 12.7. The van der Waals surface area contributed by atoms with E-state index in [1.165, 1.54) is 38.7 Å². The monoisotopic (exact) mass is 314 g/mol. The molecule has 3 aromatic rings. The van der Waals surface area contributed by atoms with Crippen LogP contribution >= 0.6 is 0 Å². The first-order chi connectivity index (χ1) is 11.0. The molecule has 0 fully saturated rings. The Balaban J connectivity index is 2.26. The maximum atomic E-state index is 12.7. The van der Waals surface area contributed by atoms with Crippen molar-refractivity contribution in [3.8, 4) is 34.1 Å². The van der Waals surface area contributed by atoms with Crippen molar-refractivity contribution in [3.05, 3.63) is 46.8 Å². The molecule has 0 saturated carbocycles. The average molecular weight is 314 g/mol. The zero-order valence-corrected chi connectivity index (χ0v) is 12.5. The number of phenolic OH excluding ortho intramolecular Hbond substituents is 2. The van der Waals surface area contributed by atoms with Crippen LogP contribution in [0.2, 0.25) is 0 Å². The van der Waals surface area contributed by atoms with Crippen molar-refractivity contribution in [3.63, 3.8) is 0 Å². The number of rotatable bonds is 3. The normalized spacial score (nSPS) is 10.7. The standard InChI is InChI=1S/C17H14O6/c1-21-9-3-4-11(13(18)5-9)12-8-23-15-7-10(22-2)6-14(19)16(15)17(12)20/h3-8,18-19H,1-2H3. The van der Waals surface area contributed by atoms with Crippen LogP contribution in [-0.4, -0.2) is 24.4 Å². The van der Waals surface area contributed by atoms with Crippen molar-refractivity contribution >= 4 is 11.0 Å². The summed E-state index contributed by atoms with van der Waals surface area (Å²) < 4.78 is 15.5. The molecule has 23 heavy (non-hydrogen) atoms. The van der Waals surface area contributed by atoms with E-state index in [9.17, 15) is 15.0 Å². The van der Waals surface area contributed by atoms with E-state index in [2.05, 4.69) is 0 Å². The molecule has 0 unspecified atom stereocenters. The van der Waals surface area contributed by atoms with Crippen molar-refractivity contribution in [1.29, 1.82) is 0 Å². The van der Waals surface area contributed by atoms with Gasteiger partial charge in [-0.3, -0.25) is 4.79 Å². The minimum absolute atomic E-state index is 0.0264. The molecule has 0 radical (unpaired) electrons. The lowest BCUT2D eigenvalue weighted by Gasteiger charge is -2.08. The second kappa shape index (κ2) is 5.57. The molecular weight excluding hydrogens is 300 g/mol. The first-order valence-corrected chi connectivity index (χ1v) is 6.75. The van der Waals surface area contributed by atoms with Gasteiger partial charge in [-0.05, 0) is 12.1 Å². The number of fused-ring (bicyclic) bond motifs is 1. The van der Waals surface area contributed by atoms with Crippen LogP contribution in [0.25, 0.3) is 22.1 Å². The average Bonchev–Trinajstić information content (AvgIpc) is 2.55. The van der Waals surface area contributed by atoms with Crippen LogP contribution < -0.4 is 14.9 Å². The molecule has 3 rings (SSSR count). The summed E-state index contributed by atoms with van der Waals surface area (Å²) in [6.07, 6.45) is 1.24. The van der Waals surface area contributed by atoms with E-state index in [-0.39, 0.29) is 33.6 Å². The van der Waals surface area contributed by atoms with Gasteiger partial charge in [0, 0.05) is 23.8 Å². The topological polar surface area (TPSA) is 89.1 Å². The second-order valence-corrected chi connectivity index (χ2v) is 4.88. The summed E-state index contributed by atoms with van der Waals surface area (Å²) in [5.74, 6) is 0.467. The van der Waals surface area contributed by atoms with Crippen LogP contribution in [0.4, 0.5) is 0 Å². The van der Waals surface area contributed by atoms with E-state index in [0.29, 0.717) is 11.5 Å². The first-order valence-electron chi connectivity index (χ1n) is 6.75. The van der Waals surface area contributed by atoms with E-state index < -0.39 is 5.43 Å². The Kier molecular flexibility index (Phi) is 3.57. The molecule has 6 heteroatoms. The molecule has 2 aromatic carbocycles. The molecule has 0 spiro atoms. The highest BCUT2D eigenvalue weighted by molar-refractivity contribution is 5.88. The Hall–Kier alpha value is -3.15. The highest BCUT2D eigenvalue weighted by atomic mass is 16.5. The highest BCUT2D eigenvalue weighted by Gasteiger charge is 2.16. The third-order valence-corrected chi connectivity index (χ3v) is 3.56. The van der Waals surface area contributed by atoms with Gasteiger partial charge in [0.05, 0.1) is 19.8 Å². The van der Waals surface area contributed by atoms with E-state index in [4.69, 9.17) is 13.9 Å². The van der Waals surface area contributed by atoms with E-state index in [0.717, 1.165) is 0 Å². The SMILES string of the molecule is COc1ccc(-c2coc3cc(OC)cc(O)c3c2=O)c(O)c1. The predicted octanol–water partition coefficient (Wildman–Crippen LogP) is 2.89. The lowest BCUT2D eigenvalue weighted by atomic mass is 10.0. The third kappa shape index (κ3) is 2.44. The molecule has 1 heterocycles. The van der Waals surface area contributed by atoms with Crippen molar-refractivity contribution in [2.75, 3.05) is 14.2 Å². The summed E-state index contributed by atoms with van der Waals surface area (Å²) in [5.41, 5.74) is 0.172. The fourth-order valence-electron chi connectivity index (χ4n) is 2.38. The van der Waals surface area contributed by atoms with E-state index >= 15 is 0 Å². The van der Waals surface area contributed by atoms with Crippen LogP contribution in [0.15, 0.2) is 45.8 Å². The van der Waals surface area contributed by atoms with Crippen LogP contribution in [0.3, 0.4) is 0 Å². The predicted molar refractivity (Wildman–Crippen MR) is 84.4 cm³/mol. The van der Waals surface area contributed by atoms with Gasteiger partial charge in [-0.15, -0.1) is 0 Å². The summed E-state index contributed by atoms with van der Waals surface area (Å²) in [7, 11) is 2.92. The van der Waals surface area contributed by atoms with Crippen molar-refractivity contribution in [2.24, 2.45) is 0 Å². The van der Waals surface area contributed by atoms with Crippen LogP contribution in [0, 0.1) is 0 Å². The van der Waals surface area contributed by atoms with Crippen molar-refractivity contribution in [1.82, 2.24) is 0 Å². The summed E-state index contributed by atoms with van der Waals surface area (Å²) in [5, 5.41) is 20.2. The maximum Gasteiger partial charge on any atom is 0.204 e. The summed E-state index contributed by atoms with van der Waals surface area (Å²) in [6, 6.07) is 7.40. The van der Waals surface area contributed by atoms with Gasteiger partial charge < -0.3 is 24.1 Å². The number of phenols is 2. The number of aromatic hydroxyl groups is 2. The highest BCUT2D eigenvalue weighted by Crippen LogP contribution is 2.34. The third-order valence-electron chi connectivity index (χ3n) is 3.56. The Morgan fingerprint density at radius 1 is 0.913 bits per heavy atom. The van der Waals surface area contributed by atoms with Gasteiger partial charge in [0.15, 0.2) is 0 Å². The number of hydrogen-bond acceptors (Lipinski definition) is 6. The summed E-state index contributed by atoms with van der Waals surface area (Å²) in [6.45, 7) is 0. The van der Waals surface area contributed by atoms with Gasteiger partial charge in [0.2, 0.25) is 5.43 Å². The van der Waals surface area contributed by atoms with Crippen LogP contribution in [0.1, 0.15) is 0 Å². The smallest absolute Gasteiger partial charge is 0.204 e. The van der Waals surface area contributed by atoms with Gasteiger partial charge in [0.1, 0.15) is 40.2 Å². The van der Waals surface area contributed by atoms with Gasteiger partial charge in [-0.25, -0.2) is 0 Å². The second-order valence-electron chi connectivity index (χ2n) is 4.88. The summed E-state index contributed by atoms with van der Waals surface area (Å²) >= 11 is 0. The lowest BCUT2D eigenvalue weighted by Crippen LogP contribution is -2.05. The molecule has 0 bridgehead atoms. The van der Waals surface area contributed by atoms with Gasteiger partial charge in [-0.1, -0.05) is 0 Å². The largest absolute Gasteiger partial charge is 0.507 e. The van der Waals surface area contributed by atoms with Gasteiger partial charge in [-0.2, -0.15) is 0 Å². The zero-order valence-electron chi connectivity index (χ0n) is 12.5.